The van der Waals surface area contributed by atoms with Gasteiger partial charge in [0, 0.05) is 12.6 Å². The fourth-order valence-corrected chi connectivity index (χ4v) is 1.98. The smallest absolute Gasteiger partial charge is 0.0929 e. The maximum absolute atomic E-state index is 9.73. The van der Waals surface area contributed by atoms with Crippen LogP contribution in [0.25, 0.3) is 0 Å². The number of rotatable bonds is 4. The molecule has 0 aliphatic carbocycles. The van der Waals surface area contributed by atoms with Gasteiger partial charge in [0.25, 0.3) is 0 Å². The molecule has 1 fully saturated rings. The first kappa shape index (κ1) is 11.0. The third-order valence-electron chi connectivity index (χ3n) is 2.68. The number of likely N-dealkylation sites (N-methyl/N-ethyl adjacent to an activating group) is 1. The van der Waals surface area contributed by atoms with Crippen LogP contribution >= 0.6 is 0 Å². The van der Waals surface area contributed by atoms with Crippen LogP contribution in [-0.4, -0.2) is 48.5 Å². The van der Waals surface area contributed by atoms with Crippen molar-refractivity contribution >= 4 is 0 Å². The van der Waals surface area contributed by atoms with Crippen molar-refractivity contribution < 1.29 is 9.84 Å². The Morgan fingerprint density at radius 2 is 2.23 bits per heavy atom. The van der Waals surface area contributed by atoms with Gasteiger partial charge in [-0.2, -0.15) is 0 Å². The van der Waals surface area contributed by atoms with E-state index >= 15 is 0 Å². The first-order valence-electron chi connectivity index (χ1n) is 5.29. The minimum atomic E-state index is -0.291. The molecule has 0 aromatic rings. The number of nitrogens with zero attached hydrogens (tertiary/aromatic N) is 1. The van der Waals surface area contributed by atoms with Gasteiger partial charge in [-0.3, -0.25) is 4.90 Å². The first-order chi connectivity index (χ1) is 6.29. The lowest BCUT2D eigenvalue weighted by atomic mass is 10.0. The summed E-state index contributed by atoms with van der Waals surface area (Å²) in [6, 6.07) is 0.318. The highest BCUT2D eigenvalue weighted by molar-refractivity contribution is 4.81. The van der Waals surface area contributed by atoms with Crippen molar-refractivity contribution in [3.8, 4) is 0 Å². The molecule has 1 aliphatic rings. The molecule has 1 heterocycles. The Labute approximate surface area is 80.7 Å². The Morgan fingerprint density at radius 1 is 1.46 bits per heavy atom. The third kappa shape index (κ3) is 2.93. The normalized spacial score (nSPS) is 29.5. The van der Waals surface area contributed by atoms with Gasteiger partial charge in [0.05, 0.1) is 12.7 Å². The summed E-state index contributed by atoms with van der Waals surface area (Å²) in [4.78, 5) is 2.35. The van der Waals surface area contributed by atoms with E-state index in [0.29, 0.717) is 12.6 Å². The molecular weight excluding hydrogens is 166 g/mol. The minimum absolute atomic E-state index is 0.291. The lowest BCUT2D eigenvalue weighted by Crippen LogP contribution is -2.49. The van der Waals surface area contributed by atoms with E-state index in [2.05, 4.69) is 18.7 Å². The topological polar surface area (TPSA) is 32.7 Å². The highest BCUT2D eigenvalue weighted by Crippen LogP contribution is 2.15. The van der Waals surface area contributed by atoms with Gasteiger partial charge in [-0.25, -0.2) is 0 Å². The number of ether oxygens (including phenoxy) is 1. The SMILES string of the molecule is CCCN(CC)C1CCOCC1O. The quantitative estimate of drug-likeness (QED) is 0.709. The molecule has 1 N–H and O–H groups in total. The summed E-state index contributed by atoms with van der Waals surface area (Å²) in [6.45, 7) is 7.73. The van der Waals surface area contributed by atoms with Crippen LogP contribution in [0.1, 0.15) is 26.7 Å². The van der Waals surface area contributed by atoms with E-state index in [0.717, 1.165) is 32.5 Å². The van der Waals surface area contributed by atoms with Gasteiger partial charge in [-0.1, -0.05) is 13.8 Å². The lowest BCUT2D eigenvalue weighted by Gasteiger charge is -2.36. The van der Waals surface area contributed by atoms with Crippen molar-refractivity contribution in [1.82, 2.24) is 4.90 Å². The van der Waals surface area contributed by atoms with Gasteiger partial charge in [0.1, 0.15) is 0 Å². The molecule has 0 aromatic heterocycles. The molecular formula is C10H21NO2. The van der Waals surface area contributed by atoms with Gasteiger partial charge in [0.2, 0.25) is 0 Å². The highest BCUT2D eigenvalue weighted by Gasteiger charge is 2.27. The Bertz CT molecular complexity index is 141. The Kier molecular flexibility index (Phi) is 4.70. The van der Waals surface area contributed by atoms with E-state index in [-0.39, 0.29) is 6.10 Å². The number of hydrogen-bond donors (Lipinski definition) is 1. The monoisotopic (exact) mass is 187 g/mol. The summed E-state index contributed by atoms with van der Waals surface area (Å²) in [5.41, 5.74) is 0. The fraction of sp³-hybridized carbons (Fsp3) is 1.00. The average molecular weight is 187 g/mol. The largest absolute Gasteiger partial charge is 0.389 e. The van der Waals surface area contributed by atoms with Crippen molar-refractivity contribution in [3.63, 3.8) is 0 Å². The molecule has 0 saturated carbocycles. The number of aliphatic hydroxyl groups excluding tert-OH is 1. The zero-order chi connectivity index (χ0) is 9.68. The van der Waals surface area contributed by atoms with Crippen LogP contribution in [-0.2, 0) is 4.74 Å². The maximum Gasteiger partial charge on any atom is 0.0929 e. The zero-order valence-corrected chi connectivity index (χ0v) is 8.70. The molecule has 2 atom stereocenters. The van der Waals surface area contributed by atoms with Crippen LogP contribution in [0.5, 0.6) is 0 Å². The summed E-state index contributed by atoms with van der Waals surface area (Å²) in [7, 11) is 0. The molecule has 1 aliphatic heterocycles. The molecule has 3 nitrogen and oxygen atoms in total. The van der Waals surface area contributed by atoms with Gasteiger partial charge in [-0.05, 0) is 25.9 Å². The van der Waals surface area contributed by atoms with Crippen LogP contribution in [0.15, 0.2) is 0 Å². The second kappa shape index (κ2) is 5.58. The molecule has 1 saturated heterocycles. The fourth-order valence-electron chi connectivity index (χ4n) is 1.98. The van der Waals surface area contributed by atoms with Gasteiger partial charge in [0.15, 0.2) is 0 Å². The van der Waals surface area contributed by atoms with E-state index in [9.17, 15) is 5.11 Å². The molecule has 0 spiro atoms. The highest BCUT2D eigenvalue weighted by atomic mass is 16.5. The third-order valence-corrected chi connectivity index (χ3v) is 2.68. The summed E-state index contributed by atoms with van der Waals surface area (Å²) in [5.74, 6) is 0. The molecule has 0 radical (unpaired) electrons. The molecule has 0 bridgehead atoms. The molecule has 78 valence electrons. The van der Waals surface area contributed by atoms with E-state index in [1.54, 1.807) is 0 Å². The van der Waals surface area contributed by atoms with Crippen molar-refractivity contribution in [2.45, 2.75) is 38.8 Å². The summed E-state index contributed by atoms with van der Waals surface area (Å²) in [6.07, 6.45) is 1.83. The lowest BCUT2D eigenvalue weighted by molar-refractivity contribution is -0.0634. The van der Waals surface area contributed by atoms with E-state index in [1.165, 1.54) is 0 Å². The van der Waals surface area contributed by atoms with Crippen molar-refractivity contribution in [2.24, 2.45) is 0 Å². The molecule has 3 heteroatoms. The van der Waals surface area contributed by atoms with Gasteiger partial charge in [-0.15, -0.1) is 0 Å². The average Bonchev–Trinajstić information content (AvgIpc) is 2.16. The molecule has 1 rings (SSSR count). The number of hydrogen-bond acceptors (Lipinski definition) is 3. The zero-order valence-electron chi connectivity index (χ0n) is 8.70. The van der Waals surface area contributed by atoms with Crippen LogP contribution in [0.2, 0.25) is 0 Å². The molecule has 13 heavy (non-hydrogen) atoms. The predicted octanol–water partition coefficient (Wildman–Crippen LogP) is 0.868. The van der Waals surface area contributed by atoms with Crippen LogP contribution in [0, 0.1) is 0 Å². The second-order valence-electron chi connectivity index (χ2n) is 3.63. The number of aliphatic hydroxyl groups is 1. The summed E-state index contributed by atoms with van der Waals surface area (Å²) in [5, 5.41) is 9.73. The Balaban J connectivity index is 2.44. The van der Waals surface area contributed by atoms with Crippen molar-refractivity contribution in [2.75, 3.05) is 26.3 Å². The van der Waals surface area contributed by atoms with E-state index in [1.807, 2.05) is 0 Å². The molecule has 0 aromatic carbocycles. The second-order valence-corrected chi connectivity index (χ2v) is 3.63. The van der Waals surface area contributed by atoms with Crippen LogP contribution in [0.3, 0.4) is 0 Å². The first-order valence-corrected chi connectivity index (χ1v) is 5.29. The van der Waals surface area contributed by atoms with Crippen LogP contribution in [0.4, 0.5) is 0 Å². The van der Waals surface area contributed by atoms with E-state index in [4.69, 9.17) is 4.74 Å². The van der Waals surface area contributed by atoms with Crippen molar-refractivity contribution in [1.29, 1.82) is 0 Å². The standard InChI is InChI=1S/C10H21NO2/c1-3-6-11(4-2)9-5-7-13-8-10(9)12/h9-10,12H,3-8H2,1-2H3. The summed E-state index contributed by atoms with van der Waals surface area (Å²) < 4.78 is 5.21. The minimum Gasteiger partial charge on any atom is -0.389 e. The molecule has 2 unspecified atom stereocenters. The Hall–Kier alpha value is -0.120. The van der Waals surface area contributed by atoms with Crippen molar-refractivity contribution in [3.05, 3.63) is 0 Å². The summed E-state index contributed by atoms with van der Waals surface area (Å²) >= 11 is 0. The Morgan fingerprint density at radius 3 is 2.77 bits per heavy atom. The predicted molar refractivity (Wildman–Crippen MR) is 52.8 cm³/mol. The van der Waals surface area contributed by atoms with E-state index < -0.39 is 0 Å². The molecule has 0 amide bonds. The van der Waals surface area contributed by atoms with Gasteiger partial charge < -0.3 is 9.84 Å². The maximum atomic E-state index is 9.73. The van der Waals surface area contributed by atoms with Crippen LogP contribution < -0.4 is 0 Å². The van der Waals surface area contributed by atoms with Gasteiger partial charge >= 0.3 is 0 Å².